The van der Waals surface area contributed by atoms with Crippen molar-refractivity contribution in [2.45, 2.75) is 19.8 Å². The Kier molecular flexibility index (Phi) is 2.26. The van der Waals surface area contributed by atoms with Gasteiger partial charge in [-0.15, -0.1) is 0 Å². The maximum atomic E-state index is 11.0. The van der Waals surface area contributed by atoms with Crippen LogP contribution in [0.5, 0.6) is 0 Å². The lowest BCUT2D eigenvalue weighted by atomic mass is 10.3. The molecule has 14 heavy (non-hydrogen) atoms. The molecule has 0 aliphatic carbocycles. The van der Waals surface area contributed by atoms with Crippen molar-refractivity contribution in [3.8, 4) is 0 Å². The molecule has 0 aliphatic rings. The second-order valence-electron chi connectivity index (χ2n) is 3.16. The minimum atomic E-state index is -0.126. The van der Waals surface area contributed by atoms with Crippen LogP contribution in [-0.4, -0.2) is 15.0 Å². The fraction of sp³-hybridized carbons (Fsp3) is 0.300. The molecular weight excluding hydrogens is 178 g/mol. The maximum Gasteiger partial charge on any atom is 0.249 e. The molecule has 4 nitrogen and oxygen atoms in total. The van der Waals surface area contributed by atoms with Crippen LogP contribution >= 0.6 is 0 Å². The third kappa shape index (κ3) is 1.64. The molecule has 0 aliphatic heterocycles. The lowest BCUT2D eigenvalue weighted by molar-refractivity contribution is 0.841. The normalized spacial score (nSPS) is 10.6. The van der Waals surface area contributed by atoms with Gasteiger partial charge in [0.1, 0.15) is 11.5 Å². The van der Waals surface area contributed by atoms with Crippen LogP contribution in [0.3, 0.4) is 0 Å². The summed E-state index contributed by atoms with van der Waals surface area (Å²) in [5.41, 5.74) is 0.495. The van der Waals surface area contributed by atoms with Gasteiger partial charge >= 0.3 is 0 Å². The van der Waals surface area contributed by atoms with Crippen LogP contribution in [0.25, 0.3) is 11.0 Å². The predicted octanol–water partition coefficient (Wildman–Crippen LogP) is 1.27. The molecule has 0 bridgehead atoms. The topological polar surface area (TPSA) is 58.6 Å². The largest absolute Gasteiger partial charge is 0.306 e. The highest BCUT2D eigenvalue weighted by Crippen LogP contribution is 2.05. The molecule has 0 spiro atoms. The Balaban J connectivity index is 2.58. The Morgan fingerprint density at radius 1 is 1.43 bits per heavy atom. The fourth-order valence-electron chi connectivity index (χ4n) is 1.32. The molecule has 2 rings (SSSR count). The van der Waals surface area contributed by atoms with Gasteiger partial charge in [-0.3, -0.25) is 4.79 Å². The highest BCUT2D eigenvalue weighted by Gasteiger charge is 1.99. The molecule has 0 atom stereocenters. The van der Waals surface area contributed by atoms with Crippen LogP contribution in [0.2, 0.25) is 0 Å². The van der Waals surface area contributed by atoms with E-state index in [2.05, 4.69) is 21.9 Å². The van der Waals surface area contributed by atoms with E-state index in [1.54, 1.807) is 12.3 Å². The summed E-state index contributed by atoms with van der Waals surface area (Å²) < 4.78 is 0. The SMILES string of the molecule is CCCc1ncc2ccc(=O)[nH]c2n1. The van der Waals surface area contributed by atoms with Crippen molar-refractivity contribution in [3.63, 3.8) is 0 Å². The van der Waals surface area contributed by atoms with Crippen molar-refractivity contribution < 1.29 is 0 Å². The van der Waals surface area contributed by atoms with Gasteiger partial charge in [0.05, 0.1) is 0 Å². The molecule has 2 aromatic heterocycles. The number of aryl methyl sites for hydroxylation is 1. The highest BCUT2D eigenvalue weighted by atomic mass is 16.1. The molecule has 0 aromatic carbocycles. The monoisotopic (exact) mass is 189 g/mol. The van der Waals surface area contributed by atoms with Crippen LogP contribution in [0.15, 0.2) is 23.1 Å². The number of fused-ring (bicyclic) bond motifs is 1. The fourth-order valence-corrected chi connectivity index (χ4v) is 1.32. The lowest BCUT2D eigenvalue weighted by Gasteiger charge is -1.99. The van der Waals surface area contributed by atoms with E-state index < -0.39 is 0 Å². The van der Waals surface area contributed by atoms with Crippen LogP contribution < -0.4 is 5.56 Å². The van der Waals surface area contributed by atoms with Crippen molar-refractivity contribution in [2.24, 2.45) is 0 Å². The molecule has 0 unspecified atom stereocenters. The van der Waals surface area contributed by atoms with Crippen LogP contribution in [0.1, 0.15) is 19.2 Å². The van der Waals surface area contributed by atoms with Crippen LogP contribution in [0.4, 0.5) is 0 Å². The summed E-state index contributed by atoms with van der Waals surface area (Å²) in [5, 5.41) is 0.865. The Morgan fingerprint density at radius 3 is 3.07 bits per heavy atom. The first-order valence-corrected chi connectivity index (χ1v) is 4.64. The molecule has 0 saturated heterocycles. The average molecular weight is 189 g/mol. The number of hydrogen-bond acceptors (Lipinski definition) is 3. The summed E-state index contributed by atoms with van der Waals surface area (Å²) in [4.78, 5) is 22.2. The van der Waals surface area contributed by atoms with Gasteiger partial charge in [0, 0.05) is 24.1 Å². The summed E-state index contributed by atoms with van der Waals surface area (Å²) in [6, 6.07) is 3.20. The van der Waals surface area contributed by atoms with Crippen molar-refractivity contribution >= 4 is 11.0 Å². The number of rotatable bonds is 2. The van der Waals surface area contributed by atoms with E-state index in [0.29, 0.717) is 5.65 Å². The predicted molar refractivity (Wildman–Crippen MR) is 54.2 cm³/mol. The smallest absolute Gasteiger partial charge is 0.249 e. The first-order chi connectivity index (χ1) is 6.79. The average Bonchev–Trinajstić information content (AvgIpc) is 2.17. The van der Waals surface area contributed by atoms with Gasteiger partial charge in [-0.1, -0.05) is 6.92 Å². The highest BCUT2D eigenvalue weighted by molar-refractivity contribution is 5.72. The van der Waals surface area contributed by atoms with Crippen molar-refractivity contribution in [3.05, 3.63) is 34.5 Å². The molecular formula is C10H11N3O. The van der Waals surface area contributed by atoms with Gasteiger partial charge in [-0.05, 0) is 12.5 Å². The summed E-state index contributed by atoms with van der Waals surface area (Å²) in [6.07, 6.45) is 3.58. The van der Waals surface area contributed by atoms with Gasteiger partial charge in [-0.25, -0.2) is 9.97 Å². The van der Waals surface area contributed by atoms with Gasteiger partial charge in [-0.2, -0.15) is 0 Å². The Labute approximate surface area is 81.0 Å². The van der Waals surface area contributed by atoms with Gasteiger partial charge < -0.3 is 4.98 Å². The molecule has 4 heteroatoms. The van der Waals surface area contributed by atoms with E-state index in [1.165, 1.54) is 6.07 Å². The minimum absolute atomic E-state index is 0.126. The van der Waals surface area contributed by atoms with E-state index in [4.69, 9.17) is 0 Å². The Bertz CT molecular complexity index is 504. The summed E-state index contributed by atoms with van der Waals surface area (Å²) in [5.74, 6) is 0.779. The van der Waals surface area contributed by atoms with Gasteiger partial charge in [0.15, 0.2) is 0 Å². The number of nitrogens with one attached hydrogen (secondary N) is 1. The first-order valence-electron chi connectivity index (χ1n) is 4.64. The molecule has 0 radical (unpaired) electrons. The molecule has 2 heterocycles. The standard InChI is InChI=1S/C10H11N3O/c1-2-3-8-11-6-7-4-5-9(14)13-10(7)12-8/h4-6H,2-3H2,1H3,(H,11,12,13,14). The van der Waals surface area contributed by atoms with E-state index in [-0.39, 0.29) is 5.56 Å². The van der Waals surface area contributed by atoms with Crippen molar-refractivity contribution in [2.75, 3.05) is 0 Å². The summed E-state index contributed by atoms with van der Waals surface area (Å²) in [6.45, 7) is 2.07. The summed E-state index contributed by atoms with van der Waals surface area (Å²) in [7, 11) is 0. The van der Waals surface area contributed by atoms with Crippen LogP contribution in [-0.2, 0) is 6.42 Å². The number of nitrogens with zero attached hydrogens (tertiary/aromatic N) is 2. The van der Waals surface area contributed by atoms with E-state index in [0.717, 1.165) is 24.1 Å². The number of H-pyrrole nitrogens is 1. The number of hydrogen-bond donors (Lipinski definition) is 1. The van der Waals surface area contributed by atoms with Gasteiger partial charge in [0.25, 0.3) is 0 Å². The minimum Gasteiger partial charge on any atom is -0.306 e. The molecule has 2 aromatic rings. The van der Waals surface area contributed by atoms with E-state index in [1.807, 2.05) is 0 Å². The zero-order chi connectivity index (χ0) is 9.97. The third-order valence-electron chi connectivity index (χ3n) is 2.00. The Morgan fingerprint density at radius 2 is 2.29 bits per heavy atom. The summed E-state index contributed by atoms with van der Waals surface area (Å²) >= 11 is 0. The van der Waals surface area contributed by atoms with E-state index in [9.17, 15) is 4.79 Å². The zero-order valence-electron chi connectivity index (χ0n) is 7.95. The second kappa shape index (κ2) is 3.57. The van der Waals surface area contributed by atoms with Crippen molar-refractivity contribution in [1.29, 1.82) is 0 Å². The quantitative estimate of drug-likeness (QED) is 0.773. The van der Waals surface area contributed by atoms with Crippen molar-refractivity contribution in [1.82, 2.24) is 15.0 Å². The molecule has 0 fully saturated rings. The molecule has 0 amide bonds. The molecule has 0 saturated carbocycles. The maximum absolute atomic E-state index is 11.0. The first kappa shape index (κ1) is 8.87. The molecule has 72 valence electrons. The van der Waals surface area contributed by atoms with Crippen LogP contribution in [0, 0.1) is 0 Å². The zero-order valence-corrected chi connectivity index (χ0v) is 7.95. The second-order valence-corrected chi connectivity index (χ2v) is 3.16. The number of aromatic nitrogens is 3. The number of aromatic amines is 1. The third-order valence-corrected chi connectivity index (χ3v) is 2.00. The Hall–Kier alpha value is -1.71. The van der Waals surface area contributed by atoms with E-state index >= 15 is 0 Å². The van der Waals surface area contributed by atoms with Gasteiger partial charge in [0.2, 0.25) is 5.56 Å². The number of pyridine rings is 1. The molecule has 1 N–H and O–H groups in total. The lowest BCUT2D eigenvalue weighted by Crippen LogP contribution is -2.05.